The van der Waals surface area contributed by atoms with Crippen molar-refractivity contribution < 1.29 is 19.4 Å². The van der Waals surface area contributed by atoms with Crippen molar-refractivity contribution in [1.82, 2.24) is 9.99 Å². The van der Waals surface area contributed by atoms with E-state index >= 15 is 0 Å². The van der Waals surface area contributed by atoms with E-state index in [-0.39, 0.29) is 6.61 Å². The number of hydrazone groups is 1. The molecule has 0 bridgehead atoms. The second kappa shape index (κ2) is 9.80. The van der Waals surface area contributed by atoms with Gasteiger partial charge < -0.3 is 14.4 Å². The highest BCUT2D eigenvalue weighted by molar-refractivity contribution is 7.15. The summed E-state index contributed by atoms with van der Waals surface area (Å²) >= 11 is 7.39. The molecule has 0 saturated heterocycles. The molecule has 0 fully saturated rings. The highest BCUT2D eigenvalue weighted by Gasteiger charge is 2.27. The van der Waals surface area contributed by atoms with Crippen LogP contribution in [-0.4, -0.2) is 34.4 Å². The van der Waals surface area contributed by atoms with Gasteiger partial charge in [0.2, 0.25) is 0 Å². The third-order valence-electron chi connectivity index (χ3n) is 5.62. The molecule has 0 radical (unpaired) electrons. The van der Waals surface area contributed by atoms with Gasteiger partial charge in [0.25, 0.3) is 5.91 Å². The molecule has 9 heteroatoms. The van der Waals surface area contributed by atoms with Gasteiger partial charge in [0.05, 0.1) is 11.8 Å². The molecule has 0 unspecified atom stereocenters. The van der Waals surface area contributed by atoms with Gasteiger partial charge in [0.15, 0.2) is 6.61 Å². The zero-order valence-corrected chi connectivity index (χ0v) is 19.9. The van der Waals surface area contributed by atoms with Crippen LogP contribution < -0.4 is 10.2 Å². The van der Waals surface area contributed by atoms with E-state index in [0.717, 1.165) is 53.2 Å². The Morgan fingerprint density at radius 1 is 1.24 bits per heavy atom. The Labute approximate surface area is 200 Å². The Bertz CT molecular complexity index is 1230. The number of aromatic carboxylic acids is 1. The van der Waals surface area contributed by atoms with Crippen molar-refractivity contribution in [1.29, 1.82) is 0 Å². The Morgan fingerprint density at radius 3 is 2.70 bits per heavy atom. The number of fused-ring (bicyclic) bond motifs is 1. The van der Waals surface area contributed by atoms with Crippen LogP contribution in [-0.2, 0) is 17.6 Å². The monoisotopic (exact) mass is 485 g/mol. The van der Waals surface area contributed by atoms with Crippen LogP contribution in [0.15, 0.2) is 35.4 Å². The maximum Gasteiger partial charge on any atom is 0.339 e. The summed E-state index contributed by atoms with van der Waals surface area (Å²) in [5.41, 5.74) is 6.42. The van der Waals surface area contributed by atoms with Crippen molar-refractivity contribution in [3.8, 4) is 10.8 Å². The number of rotatable bonds is 7. The van der Waals surface area contributed by atoms with E-state index in [1.165, 1.54) is 4.88 Å². The van der Waals surface area contributed by atoms with Crippen molar-refractivity contribution in [2.45, 2.75) is 39.5 Å². The van der Waals surface area contributed by atoms with Crippen LogP contribution in [0.5, 0.6) is 5.75 Å². The molecule has 2 aromatic heterocycles. The molecule has 4 rings (SSSR count). The van der Waals surface area contributed by atoms with Crippen LogP contribution in [0.25, 0.3) is 5.00 Å². The fraction of sp³-hybridized carbons (Fsp3) is 0.292. The van der Waals surface area contributed by atoms with Crippen LogP contribution >= 0.6 is 22.9 Å². The minimum absolute atomic E-state index is 0.180. The number of carboxylic acids is 1. The normalized spacial score (nSPS) is 13.2. The van der Waals surface area contributed by atoms with Crippen molar-refractivity contribution in [3.63, 3.8) is 0 Å². The fourth-order valence-corrected chi connectivity index (χ4v) is 5.66. The summed E-state index contributed by atoms with van der Waals surface area (Å²) in [6, 6.07) is 8.66. The van der Waals surface area contributed by atoms with Crippen LogP contribution in [0.4, 0.5) is 0 Å². The summed E-state index contributed by atoms with van der Waals surface area (Å²) < 4.78 is 7.37. The van der Waals surface area contributed by atoms with Gasteiger partial charge in [0, 0.05) is 26.9 Å². The first kappa shape index (κ1) is 23.1. The first-order chi connectivity index (χ1) is 15.8. The molecule has 0 atom stereocenters. The van der Waals surface area contributed by atoms with E-state index in [9.17, 15) is 14.7 Å². The number of amides is 1. The minimum atomic E-state index is -0.889. The molecule has 33 heavy (non-hydrogen) atoms. The summed E-state index contributed by atoms with van der Waals surface area (Å²) in [4.78, 5) is 25.3. The predicted octanol–water partition coefficient (Wildman–Crippen LogP) is 4.92. The van der Waals surface area contributed by atoms with Gasteiger partial charge in [-0.05, 0) is 75.4 Å². The Balaban J connectivity index is 1.48. The van der Waals surface area contributed by atoms with Gasteiger partial charge in [-0.3, -0.25) is 4.79 Å². The number of carbonyl (C=O) groups excluding carboxylic acids is 1. The molecule has 1 aliphatic rings. The quantitative estimate of drug-likeness (QED) is 0.367. The predicted molar refractivity (Wildman–Crippen MR) is 129 cm³/mol. The maximum absolute atomic E-state index is 12.1. The first-order valence-electron chi connectivity index (χ1n) is 10.6. The number of nitrogens with one attached hydrogen (secondary N) is 1. The molecule has 0 saturated carbocycles. The molecule has 172 valence electrons. The number of thiophene rings is 1. The summed E-state index contributed by atoms with van der Waals surface area (Å²) in [5, 5.41) is 15.3. The van der Waals surface area contributed by atoms with Crippen molar-refractivity contribution in [3.05, 3.63) is 68.3 Å². The van der Waals surface area contributed by atoms with Crippen molar-refractivity contribution in [2.24, 2.45) is 5.10 Å². The minimum Gasteiger partial charge on any atom is -0.484 e. The highest BCUT2D eigenvalue weighted by Crippen LogP contribution is 2.38. The standard InChI is InChI=1S/C24H24ClN3O4S/c1-14-11-16(12-26-27-21(29)13-32-18-9-7-17(25)8-10-18)15(2)28(14)23-22(24(30)31)19-5-3-4-6-20(19)33-23/h7-12H,3-6,13H2,1-2H3,(H,27,29)(H,30,31)/b26-12-. The summed E-state index contributed by atoms with van der Waals surface area (Å²) in [6.45, 7) is 3.68. The largest absolute Gasteiger partial charge is 0.484 e. The summed E-state index contributed by atoms with van der Waals surface area (Å²) in [7, 11) is 0. The topological polar surface area (TPSA) is 92.9 Å². The number of hydrogen-bond acceptors (Lipinski definition) is 5. The second-order valence-corrected chi connectivity index (χ2v) is 9.41. The number of nitrogens with zero attached hydrogens (tertiary/aromatic N) is 2. The Hall–Kier alpha value is -3.10. The van der Waals surface area contributed by atoms with Crippen LogP contribution in [0.3, 0.4) is 0 Å². The lowest BCUT2D eigenvalue weighted by Crippen LogP contribution is -2.24. The van der Waals surface area contributed by atoms with E-state index in [2.05, 4.69) is 10.5 Å². The smallest absolute Gasteiger partial charge is 0.339 e. The van der Waals surface area contributed by atoms with E-state index < -0.39 is 11.9 Å². The van der Waals surface area contributed by atoms with Crippen LogP contribution in [0.2, 0.25) is 5.02 Å². The van der Waals surface area contributed by atoms with E-state index in [1.54, 1.807) is 41.8 Å². The first-order valence-corrected chi connectivity index (χ1v) is 11.8. The molecule has 3 aromatic rings. The van der Waals surface area contributed by atoms with E-state index in [1.807, 2.05) is 24.5 Å². The average molecular weight is 486 g/mol. The van der Waals surface area contributed by atoms with Crippen LogP contribution in [0.1, 0.15) is 50.6 Å². The average Bonchev–Trinajstić information content (AvgIpc) is 3.29. The van der Waals surface area contributed by atoms with Crippen LogP contribution in [0, 0.1) is 13.8 Å². The molecule has 2 heterocycles. The molecule has 1 aliphatic carbocycles. The number of hydrogen-bond donors (Lipinski definition) is 2. The zero-order chi connectivity index (χ0) is 23.5. The Kier molecular flexibility index (Phi) is 6.85. The lowest BCUT2D eigenvalue weighted by atomic mass is 9.95. The third-order valence-corrected chi connectivity index (χ3v) is 7.15. The van der Waals surface area contributed by atoms with Gasteiger partial charge >= 0.3 is 5.97 Å². The van der Waals surface area contributed by atoms with Crippen molar-refractivity contribution in [2.75, 3.05) is 6.61 Å². The molecule has 0 aliphatic heterocycles. The Morgan fingerprint density at radius 2 is 1.97 bits per heavy atom. The lowest BCUT2D eigenvalue weighted by Gasteiger charge is -2.11. The van der Waals surface area contributed by atoms with Gasteiger partial charge in [0.1, 0.15) is 10.8 Å². The van der Waals surface area contributed by atoms with Crippen molar-refractivity contribution >= 4 is 41.0 Å². The zero-order valence-electron chi connectivity index (χ0n) is 18.4. The second-order valence-electron chi connectivity index (χ2n) is 7.89. The number of ether oxygens (including phenoxy) is 1. The molecule has 7 nitrogen and oxygen atoms in total. The fourth-order valence-electron chi connectivity index (χ4n) is 4.05. The molecule has 2 N–H and O–H groups in total. The number of halogens is 1. The SMILES string of the molecule is Cc1cc(/C=N\NC(=O)COc2ccc(Cl)cc2)c(C)n1-c1sc2c(c1C(=O)O)CCCC2. The van der Waals surface area contributed by atoms with Gasteiger partial charge in [-0.1, -0.05) is 11.6 Å². The number of benzene rings is 1. The number of aryl methyl sites for hydroxylation is 2. The number of carboxylic acid groups (broad SMARTS) is 1. The number of carbonyl (C=O) groups is 2. The maximum atomic E-state index is 12.1. The molecule has 1 amide bonds. The van der Waals surface area contributed by atoms with E-state index in [4.69, 9.17) is 16.3 Å². The van der Waals surface area contributed by atoms with Gasteiger partial charge in [-0.2, -0.15) is 5.10 Å². The summed E-state index contributed by atoms with van der Waals surface area (Å²) in [5.74, 6) is -0.746. The molecular weight excluding hydrogens is 462 g/mol. The third kappa shape index (κ3) is 4.96. The molecule has 1 aromatic carbocycles. The molecular formula is C24H24ClN3O4S. The van der Waals surface area contributed by atoms with Gasteiger partial charge in [-0.25, -0.2) is 10.2 Å². The number of aromatic nitrogens is 1. The van der Waals surface area contributed by atoms with E-state index in [0.29, 0.717) is 16.3 Å². The highest BCUT2D eigenvalue weighted by atomic mass is 35.5. The lowest BCUT2D eigenvalue weighted by molar-refractivity contribution is -0.123. The molecule has 0 spiro atoms. The summed E-state index contributed by atoms with van der Waals surface area (Å²) in [6.07, 6.45) is 5.41. The van der Waals surface area contributed by atoms with Gasteiger partial charge in [-0.15, -0.1) is 11.3 Å².